The first kappa shape index (κ1) is 14.6. The Morgan fingerprint density at radius 1 is 1.14 bits per heavy atom. The molecule has 1 aliphatic heterocycles. The third-order valence-electron chi connectivity index (χ3n) is 4.01. The van der Waals surface area contributed by atoms with Gasteiger partial charge in [0.25, 0.3) is 0 Å². The molecule has 1 aliphatic carbocycles. The summed E-state index contributed by atoms with van der Waals surface area (Å²) in [5.41, 5.74) is 0.831. The van der Waals surface area contributed by atoms with E-state index in [0.29, 0.717) is 6.10 Å². The lowest BCUT2D eigenvalue weighted by atomic mass is 10.2. The molecule has 2 fully saturated rings. The molecule has 1 saturated carbocycles. The summed E-state index contributed by atoms with van der Waals surface area (Å²) in [6.45, 7) is 1.67. The van der Waals surface area contributed by atoms with Crippen LogP contribution in [-0.4, -0.2) is 41.6 Å². The molecule has 1 saturated heterocycles. The van der Waals surface area contributed by atoms with Crippen molar-refractivity contribution in [3.8, 4) is 5.75 Å². The van der Waals surface area contributed by atoms with Gasteiger partial charge in [-0.15, -0.1) is 0 Å². The molecule has 0 radical (unpaired) electrons. The number of hydrogen-bond acceptors (Lipinski definition) is 3. The van der Waals surface area contributed by atoms with E-state index in [-0.39, 0.29) is 6.03 Å². The van der Waals surface area contributed by atoms with Gasteiger partial charge in [0.2, 0.25) is 0 Å². The van der Waals surface area contributed by atoms with Crippen LogP contribution < -0.4 is 10.1 Å². The Morgan fingerprint density at radius 2 is 1.81 bits per heavy atom. The van der Waals surface area contributed by atoms with Crippen LogP contribution >= 0.6 is 11.8 Å². The van der Waals surface area contributed by atoms with Gasteiger partial charge in [0, 0.05) is 30.3 Å². The zero-order chi connectivity index (χ0) is 14.5. The van der Waals surface area contributed by atoms with Crippen LogP contribution in [0.2, 0.25) is 0 Å². The fourth-order valence-corrected chi connectivity index (χ4v) is 3.69. The molecule has 0 bridgehead atoms. The number of amides is 2. The summed E-state index contributed by atoms with van der Waals surface area (Å²) in [5.74, 6) is 2.96. The van der Waals surface area contributed by atoms with Crippen molar-refractivity contribution in [1.29, 1.82) is 0 Å². The summed E-state index contributed by atoms with van der Waals surface area (Å²) >= 11 is 1.90. The molecule has 114 valence electrons. The molecule has 4 nitrogen and oxygen atoms in total. The molecule has 3 rings (SSSR count). The Kier molecular flexibility index (Phi) is 4.91. The number of carbonyl (C=O) groups excluding carboxylic acids is 1. The molecule has 2 amide bonds. The van der Waals surface area contributed by atoms with Gasteiger partial charge >= 0.3 is 6.03 Å². The van der Waals surface area contributed by atoms with Gasteiger partial charge in [-0.25, -0.2) is 4.79 Å². The fourth-order valence-electron chi connectivity index (χ4n) is 2.78. The fraction of sp³-hybridized carbons (Fsp3) is 0.562. The van der Waals surface area contributed by atoms with Gasteiger partial charge in [-0.2, -0.15) is 11.8 Å². The van der Waals surface area contributed by atoms with Crippen molar-refractivity contribution >= 4 is 23.5 Å². The minimum Gasteiger partial charge on any atom is -0.490 e. The molecular formula is C16H22N2O2S. The van der Waals surface area contributed by atoms with Crippen molar-refractivity contribution < 1.29 is 9.53 Å². The van der Waals surface area contributed by atoms with Crippen LogP contribution in [0.4, 0.5) is 10.5 Å². The number of carbonyl (C=O) groups is 1. The zero-order valence-corrected chi connectivity index (χ0v) is 13.0. The quantitative estimate of drug-likeness (QED) is 0.928. The highest BCUT2D eigenvalue weighted by Crippen LogP contribution is 2.25. The average molecular weight is 306 g/mol. The topological polar surface area (TPSA) is 41.6 Å². The molecule has 2 aliphatic rings. The Bertz CT molecular complexity index is 466. The standard InChI is InChI=1S/C16H22N2O2S/c19-16(18-9-11-21-12-10-18)17-13-5-7-15(8-6-13)20-14-3-1-2-4-14/h5-8,14H,1-4,9-12H2,(H,17,19). The van der Waals surface area contributed by atoms with E-state index in [9.17, 15) is 4.79 Å². The van der Waals surface area contributed by atoms with Crippen molar-refractivity contribution in [2.24, 2.45) is 0 Å². The molecule has 0 atom stereocenters. The number of urea groups is 1. The Hall–Kier alpha value is -1.36. The zero-order valence-electron chi connectivity index (χ0n) is 12.2. The van der Waals surface area contributed by atoms with Gasteiger partial charge in [0.1, 0.15) is 5.75 Å². The van der Waals surface area contributed by atoms with E-state index in [4.69, 9.17) is 4.74 Å². The van der Waals surface area contributed by atoms with E-state index in [2.05, 4.69) is 5.32 Å². The second kappa shape index (κ2) is 7.07. The molecular weight excluding hydrogens is 284 g/mol. The van der Waals surface area contributed by atoms with Crippen LogP contribution in [0.15, 0.2) is 24.3 Å². The van der Waals surface area contributed by atoms with Crippen LogP contribution in [-0.2, 0) is 0 Å². The second-order valence-electron chi connectivity index (χ2n) is 5.58. The summed E-state index contributed by atoms with van der Waals surface area (Å²) in [7, 11) is 0. The van der Waals surface area contributed by atoms with Gasteiger partial charge in [0.05, 0.1) is 6.10 Å². The van der Waals surface area contributed by atoms with E-state index in [1.165, 1.54) is 12.8 Å². The maximum atomic E-state index is 12.1. The maximum Gasteiger partial charge on any atom is 0.321 e. The van der Waals surface area contributed by atoms with Gasteiger partial charge in [-0.05, 0) is 49.9 Å². The lowest BCUT2D eigenvalue weighted by Crippen LogP contribution is -2.40. The van der Waals surface area contributed by atoms with Crippen molar-refractivity contribution in [1.82, 2.24) is 4.90 Å². The number of hydrogen-bond donors (Lipinski definition) is 1. The molecule has 1 N–H and O–H groups in total. The molecule has 0 aromatic heterocycles. The number of nitrogens with zero attached hydrogens (tertiary/aromatic N) is 1. The predicted molar refractivity (Wildman–Crippen MR) is 87.2 cm³/mol. The number of ether oxygens (including phenoxy) is 1. The highest BCUT2D eigenvalue weighted by molar-refractivity contribution is 7.99. The normalized spacial score (nSPS) is 19.5. The van der Waals surface area contributed by atoms with Crippen molar-refractivity contribution in [3.05, 3.63) is 24.3 Å². The highest BCUT2D eigenvalue weighted by atomic mass is 32.2. The van der Waals surface area contributed by atoms with Crippen molar-refractivity contribution in [2.75, 3.05) is 29.9 Å². The Balaban J connectivity index is 1.52. The van der Waals surface area contributed by atoms with E-state index in [1.807, 2.05) is 40.9 Å². The summed E-state index contributed by atoms with van der Waals surface area (Å²) in [5, 5.41) is 2.95. The van der Waals surface area contributed by atoms with E-state index in [0.717, 1.165) is 48.9 Å². The SMILES string of the molecule is O=C(Nc1ccc(OC2CCCC2)cc1)N1CCSCC1. The van der Waals surface area contributed by atoms with Gasteiger partial charge < -0.3 is 15.0 Å². The van der Waals surface area contributed by atoms with Gasteiger partial charge in [-0.1, -0.05) is 0 Å². The lowest BCUT2D eigenvalue weighted by Gasteiger charge is -2.26. The molecule has 1 aromatic rings. The molecule has 1 aromatic carbocycles. The monoisotopic (exact) mass is 306 g/mol. The first-order valence-electron chi connectivity index (χ1n) is 7.72. The number of nitrogens with one attached hydrogen (secondary N) is 1. The summed E-state index contributed by atoms with van der Waals surface area (Å²) in [4.78, 5) is 14.0. The average Bonchev–Trinajstić information content (AvgIpc) is 3.03. The van der Waals surface area contributed by atoms with Crippen LogP contribution in [0.1, 0.15) is 25.7 Å². The van der Waals surface area contributed by atoms with E-state index < -0.39 is 0 Å². The van der Waals surface area contributed by atoms with E-state index in [1.54, 1.807) is 0 Å². The predicted octanol–water partition coefficient (Wildman–Crippen LogP) is 3.59. The van der Waals surface area contributed by atoms with Crippen molar-refractivity contribution in [2.45, 2.75) is 31.8 Å². The van der Waals surface area contributed by atoms with Gasteiger partial charge in [-0.3, -0.25) is 0 Å². The van der Waals surface area contributed by atoms with Crippen LogP contribution in [0.3, 0.4) is 0 Å². The number of benzene rings is 1. The lowest BCUT2D eigenvalue weighted by molar-refractivity contribution is 0.210. The summed E-state index contributed by atoms with van der Waals surface area (Å²) < 4.78 is 5.93. The first-order valence-corrected chi connectivity index (χ1v) is 8.87. The number of anilines is 1. The first-order chi connectivity index (χ1) is 10.3. The Labute approximate surface area is 130 Å². The van der Waals surface area contributed by atoms with Crippen LogP contribution in [0.25, 0.3) is 0 Å². The molecule has 1 heterocycles. The minimum absolute atomic E-state index is 0.000221. The minimum atomic E-state index is -0.000221. The highest BCUT2D eigenvalue weighted by Gasteiger charge is 2.18. The largest absolute Gasteiger partial charge is 0.490 e. The van der Waals surface area contributed by atoms with E-state index >= 15 is 0 Å². The smallest absolute Gasteiger partial charge is 0.321 e. The van der Waals surface area contributed by atoms with Crippen molar-refractivity contribution in [3.63, 3.8) is 0 Å². The summed E-state index contributed by atoms with van der Waals surface area (Å²) in [6.07, 6.45) is 5.23. The molecule has 0 spiro atoms. The van der Waals surface area contributed by atoms with Crippen LogP contribution in [0.5, 0.6) is 5.75 Å². The molecule has 21 heavy (non-hydrogen) atoms. The molecule has 5 heteroatoms. The molecule has 0 unspecified atom stereocenters. The third-order valence-corrected chi connectivity index (χ3v) is 4.95. The maximum absolute atomic E-state index is 12.1. The summed E-state index contributed by atoms with van der Waals surface area (Å²) in [6, 6.07) is 7.72. The van der Waals surface area contributed by atoms with Crippen LogP contribution in [0, 0.1) is 0 Å². The number of rotatable bonds is 3. The van der Waals surface area contributed by atoms with Gasteiger partial charge in [0.15, 0.2) is 0 Å². The number of thioether (sulfide) groups is 1. The second-order valence-corrected chi connectivity index (χ2v) is 6.80. The third kappa shape index (κ3) is 4.06. The Morgan fingerprint density at radius 3 is 2.48 bits per heavy atom.